The standard InChI is InChI=1S/C22H26N6O2/c1-30-18-8-6-16(7-9-18)19-11-20(22-25-24-14-28(22)26-19)23-12-15-10-21(29)27(13-15)17-4-2-3-5-17/h6-9,11,14-15,17,23H,2-5,10,12-13H2,1H3. The number of rotatable bonds is 6. The molecule has 30 heavy (non-hydrogen) atoms. The summed E-state index contributed by atoms with van der Waals surface area (Å²) in [7, 11) is 1.65. The maximum atomic E-state index is 12.5. The summed E-state index contributed by atoms with van der Waals surface area (Å²) in [5, 5.41) is 16.4. The minimum absolute atomic E-state index is 0.301. The third-order valence-corrected chi connectivity index (χ3v) is 6.24. The number of amides is 1. The number of carbonyl (C=O) groups is 1. The zero-order chi connectivity index (χ0) is 20.5. The first-order valence-electron chi connectivity index (χ1n) is 10.6. The molecule has 5 rings (SSSR count). The number of fused-ring (bicyclic) bond motifs is 1. The van der Waals surface area contributed by atoms with Crippen molar-refractivity contribution < 1.29 is 9.53 Å². The fourth-order valence-corrected chi connectivity index (χ4v) is 4.63. The van der Waals surface area contributed by atoms with Gasteiger partial charge in [-0.3, -0.25) is 4.79 Å². The third-order valence-electron chi connectivity index (χ3n) is 6.24. The zero-order valence-electron chi connectivity index (χ0n) is 17.1. The molecular formula is C22H26N6O2. The monoisotopic (exact) mass is 406 g/mol. The average molecular weight is 406 g/mol. The smallest absolute Gasteiger partial charge is 0.223 e. The summed E-state index contributed by atoms with van der Waals surface area (Å²) in [6.07, 6.45) is 7.02. The molecule has 1 atom stereocenters. The predicted molar refractivity (Wildman–Crippen MR) is 113 cm³/mol. The van der Waals surface area contributed by atoms with Gasteiger partial charge in [0.2, 0.25) is 11.6 Å². The van der Waals surface area contributed by atoms with Crippen molar-refractivity contribution in [3.63, 3.8) is 0 Å². The Kier molecular flexibility index (Phi) is 4.98. The molecule has 1 amide bonds. The summed E-state index contributed by atoms with van der Waals surface area (Å²) >= 11 is 0. The fraction of sp³-hybridized carbons (Fsp3) is 0.455. The number of hydrogen-bond acceptors (Lipinski definition) is 6. The topological polar surface area (TPSA) is 84.6 Å². The SMILES string of the molecule is COc1ccc(-c2cc(NCC3CC(=O)N(C4CCCC4)C3)c3nncn3n2)cc1. The molecule has 1 saturated carbocycles. The molecule has 1 aliphatic carbocycles. The van der Waals surface area contributed by atoms with Crippen molar-refractivity contribution >= 4 is 17.2 Å². The van der Waals surface area contributed by atoms with Crippen molar-refractivity contribution in [2.75, 3.05) is 25.5 Å². The van der Waals surface area contributed by atoms with Gasteiger partial charge in [-0.25, -0.2) is 0 Å². The number of methoxy groups -OCH3 is 1. The lowest BCUT2D eigenvalue weighted by Gasteiger charge is -2.24. The Bertz CT molecular complexity index is 1040. The second-order valence-electron chi connectivity index (χ2n) is 8.21. The molecule has 2 fully saturated rings. The van der Waals surface area contributed by atoms with Gasteiger partial charge in [0.05, 0.1) is 18.5 Å². The van der Waals surface area contributed by atoms with E-state index in [-0.39, 0.29) is 0 Å². The second-order valence-corrected chi connectivity index (χ2v) is 8.21. The number of carbonyl (C=O) groups excluding carboxylic acids is 1. The van der Waals surface area contributed by atoms with E-state index in [1.165, 1.54) is 12.8 Å². The Labute approximate surface area is 175 Å². The van der Waals surface area contributed by atoms with E-state index in [1.54, 1.807) is 18.0 Å². The number of ether oxygens (including phenoxy) is 1. The van der Waals surface area contributed by atoms with Crippen LogP contribution >= 0.6 is 0 Å². The van der Waals surface area contributed by atoms with Gasteiger partial charge in [-0.1, -0.05) is 12.8 Å². The second kappa shape index (κ2) is 7.93. The Morgan fingerprint density at radius 1 is 1.20 bits per heavy atom. The highest BCUT2D eigenvalue weighted by Gasteiger charge is 2.35. The minimum Gasteiger partial charge on any atom is -0.497 e. The minimum atomic E-state index is 0.301. The van der Waals surface area contributed by atoms with Crippen LogP contribution in [0.1, 0.15) is 32.1 Å². The number of hydrogen-bond donors (Lipinski definition) is 1. The van der Waals surface area contributed by atoms with E-state index in [0.29, 0.717) is 29.9 Å². The largest absolute Gasteiger partial charge is 0.497 e. The van der Waals surface area contributed by atoms with Crippen LogP contribution in [-0.4, -0.2) is 56.9 Å². The van der Waals surface area contributed by atoms with E-state index in [9.17, 15) is 4.79 Å². The number of likely N-dealkylation sites (tertiary alicyclic amines) is 1. The number of nitrogens with zero attached hydrogens (tertiary/aromatic N) is 5. The molecular weight excluding hydrogens is 380 g/mol. The first kappa shape index (κ1) is 18.8. The molecule has 2 aromatic heterocycles. The Morgan fingerprint density at radius 2 is 2.00 bits per heavy atom. The first-order valence-corrected chi connectivity index (χ1v) is 10.6. The maximum Gasteiger partial charge on any atom is 0.223 e. The predicted octanol–water partition coefficient (Wildman–Crippen LogP) is 3.00. The molecule has 1 N–H and O–H groups in total. The molecule has 1 saturated heterocycles. The Hall–Kier alpha value is -3.16. The van der Waals surface area contributed by atoms with Gasteiger partial charge in [-0.15, -0.1) is 10.2 Å². The van der Waals surface area contributed by atoms with Crippen LogP contribution < -0.4 is 10.1 Å². The fourth-order valence-electron chi connectivity index (χ4n) is 4.63. The molecule has 0 spiro atoms. The van der Waals surface area contributed by atoms with Crippen molar-refractivity contribution in [2.24, 2.45) is 5.92 Å². The van der Waals surface area contributed by atoms with E-state index in [0.717, 1.165) is 48.6 Å². The molecule has 156 valence electrons. The molecule has 1 unspecified atom stereocenters. The molecule has 0 bridgehead atoms. The van der Waals surface area contributed by atoms with Crippen LogP contribution in [0, 0.1) is 5.92 Å². The number of anilines is 1. The highest BCUT2D eigenvalue weighted by Crippen LogP contribution is 2.30. The molecule has 8 heteroatoms. The zero-order valence-corrected chi connectivity index (χ0v) is 17.1. The number of nitrogens with one attached hydrogen (secondary N) is 1. The van der Waals surface area contributed by atoms with E-state index >= 15 is 0 Å². The average Bonchev–Trinajstić information content (AvgIpc) is 3.52. The third kappa shape index (κ3) is 3.58. The van der Waals surface area contributed by atoms with E-state index in [2.05, 4.69) is 25.5 Å². The van der Waals surface area contributed by atoms with Crippen LogP contribution in [0.5, 0.6) is 5.75 Å². The molecule has 1 aromatic carbocycles. The molecule has 0 radical (unpaired) electrons. The molecule has 2 aliphatic rings. The van der Waals surface area contributed by atoms with Crippen molar-refractivity contribution in [2.45, 2.75) is 38.1 Å². The van der Waals surface area contributed by atoms with Gasteiger partial charge in [0.1, 0.15) is 12.1 Å². The van der Waals surface area contributed by atoms with E-state index < -0.39 is 0 Å². The lowest BCUT2D eigenvalue weighted by Crippen LogP contribution is -2.34. The van der Waals surface area contributed by atoms with Gasteiger partial charge in [-0.05, 0) is 43.2 Å². The summed E-state index contributed by atoms with van der Waals surface area (Å²) in [4.78, 5) is 14.6. The summed E-state index contributed by atoms with van der Waals surface area (Å²) in [5.41, 5.74) is 3.37. The van der Waals surface area contributed by atoms with Crippen molar-refractivity contribution in [3.8, 4) is 17.0 Å². The van der Waals surface area contributed by atoms with Crippen LogP contribution in [-0.2, 0) is 4.79 Å². The quantitative estimate of drug-likeness (QED) is 0.677. The van der Waals surface area contributed by atoms with Gasteiger partial charge in [0.25, 0.3) is 0 Å². The van der Waals surface area contributed by atoms with Crippen LogP contribution in [0.25, 0.3) is 16.9 Å². The molecule has 8 nitrogen and oxygen atoms in total. The highest BCUT2D eigenvalue weighted by atomic mass is 16.5. The molecule has 3 aromatic rings. The van der Waals surface area contributed by atoms with Gasteiger partial charge < -0.3 is 15.0 Å². The normalized spacial score (nSPS) is 19.7. The van der Waals surface area contributed by atoms with E-state index in [4.69, 9.17) is 4.74 Å². The van der Waals surface area contributed by atoms with Crippen LogP contribution in [0.4, 0.5) is 5.69 Å². The summed E-state index contributed by atoms with van der Waals surface area (Å²) in [6.45, 7) is 1.57. The van der Waals surface area contributed by atoms with E-state index in [1.807, 2.05) is 30.3 Å². The molecule has 3 heterocycles. The summed E-state index contributed by atoms with van der Waals surface area (Å²) in [5.74, 6) is 1.41. The lowest BCUT2D eigenvalue weighted by molar-refractivity contribution is -0.129. The van der Waals surface area contributed by atoms with Crippen LogP contribution in [0.15, 0.2) is 36.7 Å². The van der Waals surface area contributed by atoms with Gasteiger partial charge in [-0.2, -0.15) is 9.61 Å². The first-order chi connectivity index (χ1) is 14.7. The van der Waals surface area contributed by atoms with Gasteiger partial charge in [0, 0.05) is 37.0 Å². The van der Waals surface area contributed by atoms with Crippen molar-refractivity contribution in [3.05, 3.63) is 36.7 Å². The van der Waals surface area contributed by atoms with Crippen LogP contribution in [0.3, 0.4) is 0 Å². The van der Waals surface area contributed by atoms with Crippen LogP contribution in [0.2, 0.25) is 0 Å². The number of aromatic nitrogens is 4. The lowest BCUT2D eigenvalue weighted by atomic mass is 10.1. The van der Waals surface area contributed by atoms with Gasteiger partial charge in [0.15, 0.2) is 0 Å². The number of benzene rings is 1. The summed E-state index contributed by atoms with van der Waals surface area (Å²) in [6, 6.07) is 10.3. The van der Waals surface area contributed by atoms with Crippen molar-refractivity contribution in [1.29, 1.82) is 0 Å². The molecule has 1 aliphatic heterocycles. The maximum absolute atomic E-state index is 12.5. The Balaban J connectivity index is 1.34. The summed E-state index contributed by atoms with van der Waals surface area (Å²) < 4.78 is 6.93. The Morgan fingerprint density at radius 3 is 2.77 bits per heavy atom. The highest BCUT2D eigenvalue weighted by molar-refractivity contribution is 5.79. The van der Waals surface area contributed by atoms with Crippen molar-refractivity contribution in [1.82, 2.24) is 24.7 Å². The van der Waals surface area contributed by atoms with Gasteiger partial charge >= 0.3 is 0 Å².